The average molecular weight is 488 g/mol. The summed E-state index contributed by atoms with van der Waals surface area (Å²) in [6.07, 6.45) is 4.54. The number of rotatable bonds is 9. The molecule has 5 rings (SSSR count). The molecule has 0 N–H and O–H groups in total. The predicted molar refractivity (Wildman–Crippen MR) is 128 cm³/mol. The van der Waals surface area contributed by atoms with E-state index in [1.165, 1.54) is 6.92 Å². The lowest BCUT2D eigenvalue weighted by Gasteiger charge is -2.11. The summed E-state index contributed by atoms with van der Waals surface area (Å²) in [5.41, 5.74) is 3.52. The number of aryl methyl sites for hydroxylation is 1. The average Bonchev–Trinajstić information content (AvgIpc) is 3.52. The van der Waals surface area contributed by atoms with E-state index in [0.29, 0.717) is 36.0 Å². The zero-order valence-corrected chi connectivity index (χ0v) is 20.2. The molecule has 1 aliphatic carbocycles. The Morgan fingerprint density at radius 3 is 2.58 bits per heavy atom. The number of benzene rings is 1. The molecule has 0 radical (unpaired) electrons. The molecule has 3 heterocycles. The molecule has 10 heteroatoms. The fraction of sp³-hybridized carbons (Fsp3) is 0.308. The molecule has 0 bridgehead atoms. The number of methoxy groups -OCH3 is 1. The zero-order chi connectivity index (χ0) is 25.1. The van der Waals surface area contributed by atoms with Gasteiger partial charge in [-0.3, -0.25) is 9.78 Å². The second-order valence-corrected chi connectivity index (χ2v) is 8.54. The van der Waals surface area contributed by atoms with Gasteiger partial charge in [0, 0.05) is 36.2 Å². The van der Waals surface area contributed by atoms with Gasteiger partial charge in [-0.15, -0.1) is 0 Å². The Morgan fingerprint density at radius 1 is 1.06 bits per heavy atom. The van der Waals surface area contributed by atoms with Gasteiger partial charge in [0.1, 0.15) is 11.6 Å². The van der Waals surface area contributed by atoms with Crippen LogP contribution in [0.2, 0.25) is 0 Å². The molecule has 0 aliphatic heterocycles. The van der Waals surface area contributed by atoms with Gasteiger partial charge in [-0.2, -0.15) is 9.97 Å². The standard InChI is InChI=1S/C26H25N5O5/c1-15-27-12-22(17-4-6-18(7-5-17)25-30-24(36-31-25)14-34-16(2)32)26(29-15)35-13-19-10-21(19)23-9-8-20(33-3)11-28-23/h4-9,11-12,19,21H,10,13-14H2,1-3H3/t19?,21-/m1/s1. The maximum Gasteiger partial charge on any atom is 0.303 e. The van der Waals surface area contributed by atoms with Gasteiger partial charge >= 0.3 is 5.97 Å². The van der Waals surface area contributed by atoms with Crippen molar-refractivity contribution in [3.8, 4) is 34.1 Å². The van der Waals surface area contributed by atoms with E-state index in [9.17, 15) is 4.79 Å². The first kappa shape index (κ1) is 23.4. The molecule has 4 aromatic rings. The third-order valence-corrected chi connectivity index (χ3v) is 5.93. The summed E-state index contributed by atoms with van der Waals surface area (Å²) in [6, 6.07) is 11.6. The smallest absolute Gasteiger partial charge is 0.303 e. The molecular formula is C26H25N5O5. The molecule has 1 fully saturated rings. The van der Waals surface area contributed by atoms with Crippen LogP contribution in [0.4, 0.5) is 0 Å². The van der Waals surface area contributed by atoms with Crippen LogP contribution in [-0.4, -0.2) is 44.8 Å². The van der Waals surface area contributed by atoms with Crippen molar-refractivity contribution in [2.24, 2.45) is 5.92 Å². The summed E-state index contributed by atoms with van der Waals surface area (Å²) in [4.78, 5) is 28.6. The number of aromatic nitrogens is 5. The van der Waals surface area contributed by atoms with Crippen LogP contribution in [0.5, 0.6) is 11.6 Å². The van der Waals surface area contributed by atoms with Gasteiger partial charge in [0.05, 0.1) is 25.5 Å². The Kier molecular flexibility index (Phi) is 6.57. The molecule has 0 amide bonds. The summed E-state index contributed by atoms with van der Waals surface area (Å²) in [5, 5.41) is 3.95. The quantitative estimate of drug-likeness (QED) is 0.318. The van der Waals surface area contributed by atoms with Crippen molar-refractivity contribution < 1.29 is 23.5 Å². The molecule has 10 nitrogen and oxygen atoms in total. The van der Waals surface area contributed by atoms with Crippen LogP contribution in [0.15, 0.2) is 53.3 Å². The second-order valence-electron chi connectivity index (χ2n) is 8.54. The minimum atomic E-state index is -0.410. The van der Waals surface area contributed by atoms with Crippen molar-refractivity contribution in [3.63, 3.8) is 0 Å². The number of esters is 1. The van der Waals surface area contributed by atoms with Crippen molar-refractivity contribution in [3.05, 3.63) is 66.2 Å². The minimum Gasteiger partial charge on any atom is -0.495 e. The van der Waals surface area contributed by atoms with Gasteiger partial charge in [-0.25, -0.2) is 4.98 Å². The SMILES string of the molecule is COc1ccc([C@@H]2CC2COc2nc(C)ncc2-c2ccc(-c3noc(COC(C)=O)n3)cc2)nc1. The summed E-state index contributed by atoms with van der Waals surface area (Å²) in [7, 11) is 1.63. The Hall–Kier alpha value is -4.34. The van der Waals surface area contributed by atoms with Crippen LogP contribution in [0, 0.1) is 12.8 Å². The number of nitrogens with zero attached hydrogens (tertiary/aromatic N) is 5. The van der Waals surface area contributed by atoms with E-state index in [2.05, 4.69) is 25.1 Å². The molecule has 184 valence electrons. The third-order valence-electron chi connectivity index (χ3n) is 5.93. The highest BCUT2D eigenvalue weighted by Gasteiger charge is 2.40. The number of carbonyl (C=O) groups excluding carboxylic acids is 1. The second kappa shape index (κ2) is 10.1. The predicted octanol–water partition coefficient (Wildman–Crippen LogP) is 4.15. The number of pyridine rings is 1. The minimum absolute atomic E-state index is 0.0573. The Morgan fingerprint density at radius 2 is 1.86 bits per heavy atom. The number of hydrogen-bond acceptors (Lipinski definition) is 10. The summed E-state index contributed by atoms with van der Waals surface area (Å²) in [5.74, 6) is 2.93. The van der Waals surface area contributed by atoms with Gasteiger partial charge in [0.15, 0.2) is 6.61 Å². The van der Waals surface area contributed by atoms with E-state index < -0.39 is 5.97 Å². The van der Waals surface area contributed by atoms with E-state index in [-0.39, 0.29) is 12.5 Å². The molecule has 0 spiro atoms. The number of carbonyl (C=O) groups is 1. The van der Waals surface area contributed by atoms with Crippen molar-refractivity contribution in [1.29, 1.82) is 0 Å². The fourth-order valence-corrected chi connectivity index (χ4v) is 3.86. The topological polar surface area (TPSA) is 122 Å². The first-order chi connectivity index (χ1) is 17.5. The number of ether oxygens (including phenoxy) is 3. The van der Waals surface area contributed by atoms with Crippen LogP contribution in [0.25, 0.3) is 22.5 Å². The van der Waals surface area contributed by atoms with E-state index in [1.807, 2.05) is 43.3 Å². The van der Waals surface area contributed by atoms with Crippen LogP contribution < -0.4 is 9.47 Å². The van der Waals surface area contributed by atoms with Gasteiger partial charge in [-0.05, 0) is 31.0 Å². The van der Waals surface area contributed by atoms with E-state index in [0.717, 1.165) is 34.6 Å². The Labute approximate surface area is 207 Å². The van der Waals surface area contributed by atoms with Crippen molar-refractivity contribution in [2.45, 2.75) is 32.8 Å². The summed E-state index contributed by atoms with van der Waals surface area (Å²) in [6.45, 7) is 3.65. The maximum atomic E-state index is 11.0. The van der Waals surface area contributed by atoms with Crippen LogP contribution in [0.3, 0.4) is 0 Å². The highest BCUT2D eigenvalue weighted by molar-refractivity contribution is 5.70. The lowest BCUT2D eigenvalue weighted by Crippen LogP contribution is -2.05. The van der Waals surface area contributed by atoms with Gasteiger partial charge in [-0.1, -0.05) is 29.4 Å². The summed E-state index contributed by atoms with van der Waals surface area (Å²) >= 11 is 0. The molecule has 36 heavy (non-hydrogen) atoms. The van der Waals surface area contributed by atoms with E-state index in [1.54, 1.807) is 19.5 Å². The first-order valence-electron chi connectivity index (χ1n) is 11.5. The molecule has 1 aliphatic rings. The molecular weight excluding hydrogens is 462 g/mol. The lowest BCUT2D eigenvalue weighted by atomic mass is 10.1. The van der Waals surface area contributed by atoms with E-state index in [4.69, 9.17) is 18.7 Å². The van der Waals surface area contributed by atoms with Crippen molar-refractivity contribution in [1.82, 2.24) is 25.1 Å². The monoisotopic (exact) mass is 487 g/mol. The molecule has 1 aromatic carbocycles. The molecule has 2 atom stereocenters. The normalized spacial score (nSPS) is 16.4. The lowest BCUT2D eigenvalue weighted by molar-refractivity contribution is -0.143. The Balaban J connectivity index is 1.26. The summed E-state index contributed by atoms with van der Waals surface area (Å²) < 4.78 is 21.4. The van der Waals surface area contributed by atoms with E-state index >= 15 is 0 Å². The maximum absolute atomic E-state index is 11.0. The molecule has 1 saturated carbocycles. The largest absolute Gasteiger partial charge is 0.495 e. The van der Waals surface area contributed by atoms with Crippen LogP contribution in [0.1, 0.15) is 36.7 Å². The van der Waals surface area contributed by atoms with Crippen LogP contribution >= 0.6 is 0 Å². The molecule has 0 saturated heterocycles. The number of hydrogen-bond donors (Lipinski definition) is 0. The van der Waals surface area contributed by atoms with Gasteiger partial charge < -0.3 is 18.7 Å². The van der Waals surface area contributed by atoms with Crippen molar-refractivity contribution >= 4 is 5.97 Å². The Bertz CT molecular complexity index is 1350. The first-order valence-corrected chi connectivity index (χ1v) is 11.5. The van der Waals surface area contributed by atoms with Gasteiger partial charge in [0.25, 0.3) is 5.89 Å². The fourth-order valence-electron chi connectivity index (χ4n) is 3.86. The highest BCUT2D eigenvalue weighted by Crippen LogP contribution is 2.47. The highest BCUT2D eigenvalue weighted by atomic mass is 16.6. The molecule has 1 unspecified atom stereocenters. The third kappa shape index (κ3) is 5.32. The van der Waals surface area contributed by atoms with Crippen LogP contribution in [-0.2, 0) is 16.1 Å². The van der Waals surface area contributed by atoms with Crippen molar-refractivity contribution in [2.75, 3.05) is 13.7 Å². The zero-order valence-electron chi connectivity index (χ0n) is 20.2. The van der Waals surface area contributed by atoms with Gasteiger partial charge in [0.2, 0.25) is 11.7 Å². The molecule has 3 aromatic heterocycles.